The van der Waals surface area contributed by atoms with Gasteiger partial charge in [-0.25, -0.2) is 0 Å². The lowest BCUT2D eigenvalue weighted by molar-refractivity contribution is -0.122. The summed E-state index contributed by atoms with van der Waals surface area (Å²) in [5.41, 5.74) is 3.90. The third kappa shape index (κ3) is 2.14. The second-order valence-electron chi connectivity index (χ2n) is 4.64. The summed E-state index contributed by atoms with van der Waals surface area (Å²) in [4.78, 5) is 12.1. The first-order chi connectivity index (χ1) is 8.11. The van der Waals surface area contributed by atoms with E-state index in [9.17, 15) is 4.79 Å². The van der Waals surface area contributed by atoms with Crippen molar-refractivity contribution in [3.63, 3.8) is 0 Å². The Morgan fingerprint density at radius 3 is 2.82 bits per heavy atom. The number of nitrogens with one attached hydrogen (secondary N) is 1. The van der Waals surface area contributed by atoms with Crippen molar-refractivity contribution in [3.05, 3.63) is 47.3 Å². The lowest BCUT2D eigenvalue weighted by Gasteiger charge is -2.25. The van der Waals surface area contributed by atoms with Crippen molar-refractivity contribution in [1.82, 2.24) is 5.32 Å². The molecule has 2 rings (SSSR count). The summed E-state index contributed by atoms with van der Waals surface area (Å²) < 4.78 is 0. The first kappa shape index (κ1) is 12.3. The molecule has 0 aliphatic heterocycles. The predicted molar refractivity (Wildman–Crippen MR) is 73.9 cm³/mol. The summed E-state index contributed by atoms with van der Waals surface area (Å²) in [6, 6.07) is 6.48. The zero-order chi connectivity index (χ0) is 12.5. The third-order valence-corrected chi connectivity index (χ3v) is 4.72. The van der Waals surface area contributed by atoms with E-state index in [1.54, 1.807) is 7.05 Å². The van der Waals surface area contributed by atoms with Gasteiger partial charge in [-0.15, -0.1) is 0 Å². The summed E-state index contributed by atoms with van der Waals surface area (Å²) in [7, 11) is 2.19. The first-order valence-electron chi connectivity index (χ1n) is 5.80. The summed E-state index contributed by atoms with van der Waals surface area (Å²) in [5, 5.41) is 2.52. The molecule has 1 aromatic carbocycles. The normalized spacial score (nSPS) is 22.7. The van der Waals surface area contributed by atoms with E-state index in [0.29, 0.717) is 8.58 Å². The molecule has 1 aliphatic rings. The highest BCUT2D eigenvalue weighted by Gasteiger charge is 2.42. The number of fused-ring (bicyclic) bond motifs is 1. The molecule has 0 spiro atoms. The molecule has 1 N–H and O–H groups in total. The standard InChI is InChI=1S/C14H18NOP/c1-4-17-14(13(16)15-3)8-11-6-5-10(2)7-12(11)9-14/h4-7,17H,1,8-9H2,2-3H3,(H,15,16). The van der Waals surface area contributed by atoms with Crippen LogP contribution in [0.4, 0.5) is 0 Å². The molecule has 2 unspecified atom stereocenters. The minimum Gasteiger partial charge on any atom is -0.358 e. The summed E-state index contributed by atoms with van der Waals surface area (Å²) in [5.74, 6) is 2.03. The van der Waals surface area contributed by atoms with Gasteiger partial charge in [-0.05, 0) is 30.9 Å². The lowest BCUT2D eigenvalue weighted by atomic mass is 10.0. The Kier molecular flexibility index (Phi) is 3.35. The number of amides is 1. The van der Waals surface area contributed by atoms with Gasteiger partial charge in [0.2, 0.25) is 5.91 Å². The molecule has 0 saturated heterocycles. The Morgan fingerprint density at radius 1 is 1.47 bits per heavy atom. The van der Waals surface area contributed by atoms with Crippen molar-refractivity contribution in [2.24, 2.45) is 0 Å². The summed E-state index contributed by atoms with van der Waals surface area (Å²) >= 11 is 0. The number of carbonyl (C=O) groups excluding carboxylic acids is 1. The van der Waals surface area contributed by atoms with Gasteiger partial charge in [-0.3, -0.25) is 4.79 Å². The van der Waals surface area contributed by atoms with E-state index in [4.69, 9.17) is 0 Å². The van der Waals surface area contributed by atoms with Gasteiger partial charge < -0.3 is 5.32 Å². The molecule has 0 radical (unpaired) electrons. The van der Waals surface area contributed by atoms with E-state index in [-0.39, 0.29) is 11.1 Å². The molecule has 90 valence electrons. The second kappa shape index (κ2) is 4.62. The number of benzene rings is 1. The molecule has 2 nitrogen and oxygen atoms in total. The van der Waals surface area contributed by atoms with Crippen LogP contribution in [0.2, 0.25) is 0 Å². The molecule has 1 amide bonds. The van der Waals surface area contributed by atoms with E-state index in [2.05, 4.69) is 37.0 Å². The summed E-state index contributed by atoms with van der Waals surface area (Å²) in [6.45, 7) is 5.89. The van der Waals surface area contributed by atoms with E-state index >= 15 is 0 Å². The Bertz CT molecular complexity index is 469. The molecule has 0 aromatic heterocycles. The van der Waals surface area contributed by atoms with Crippen LogP contribution >= 0.6 is 8.58 Å². The Morgan fingerprint density at radius 2 is 2.18 bits per heavy atom. The molecule has 0 bridgehead atoms. The van der Waals surface area contributed by atoms with Crippen LogP contribution in [0.1, 0.15) is 16.7 Å². The molecule has 0 fully saturated rings. The monoisotopic (exact) mass is 247 g/mol. The average molecular weight is 247 g/mol. The number of hydrogen-bond acceptors (Lipinski definition) is 1. The van der Waals surface area contributed by atoms with Crippen molar-refractivity contribution >= 4 is 14.5 Å². The number of aryl methyl sites for hydroxylation is 1. The molecule has 17 heavy (non-hydrogen) atoms. The fourth-order valence-corrected chi connectivity index (χ4v) is 3.80. The fraction of sp³-hybridized carbons (Fsp3) is 0.357. The van der Waals surface area contributed by atoms with Crippen molar-refractivity contribution in [1.29, 1.82) is 0 Å². The van der Waals surface area contributed by atoms with Crippen molar-refractivity contribution < 1.29 is 4.79 Å². The second-order valence-corrected chi connectivity index (χ2v) is 6.29. The van der Waals surface area contributed by atoms with Crippen LogP contribution in [0.25, 0.3) is 0 Å². The Balaban J connectivity index is 2.36. The van der Waals surface area contributed by atoms with Gasteiger partial charge in [-0.2, -0.15) is 0 Å². The Hall–Kier alpha value is -1.14. The van der Waals surface area contributed by atoms with E-state index in [1.807, 2.05) is 5.82 Å². The molecule has 0 heterocycles. The maximum Gasteiger partial charge on any atom is 0.230 e. The van der Waals surface area contributed by atoms with Crippen LogP contribution in [0.5, 0.6) is 0 Å². The zero-order valence-corrected chi connectivity index (χ0v) is 11.3. The highest BCUT2D eigenvalue weighted by molar-refractivity contribution is 7.45. The quantitative estimate of drug-likeness (QED) is 0.816. The molecule has 1 aromatic rings. The van der Waals surface area contributed by atoms with Crippen molar-refractivity contribution in [3.8, 4) is 0 Å². The van der Waals surface area contributed by atoms with Crippen molar-refractivity contribution in [2.45, 2.75) is 24.9 Å². The number of carbonyl (C=O) groups is 1. The average Bonchev–Trinajstić information content (AvgIpc) is 2.67. The molecule has 2 atom stereocenters. The van der Waals surface area contributed by atoms with E-state index < -0.39 is 0 Å². The molecular formula is C14H18NOP. The van der Waals surface area contributed by atoms with Crippen LogP contribution in [0, 0.1) is 6.92 Å². The minimum atomic E-state index is -0.285. The van der Waals surface area contributed by atoms with Gasteiger partial charge >= 0.3 is 0 Å². The van der Waals surface area contributed by atoms with Gasteiger partial charge in [0.25, 0.3) is 0 Å². The minimum absolute atomic E-state index is 0.143. The molecular weight excluding hydrogens is 229 g/mol. The largest absolute Gasteiger partial charge is 0.358 e. The maximum atomic E-state index is 12.1. The SMILES string of the molecule is C=CPC1(C(=O)NC)Cc2ccc(C)cc2C1. The van der Waals surface area contributed by atoms with Crippen LogP contribution in [0.15, 0.2) is 30.6 Å². The van der Waals surface area contributed by atoms with Crippen molar-refractivity contribution in [2.75, 3.05) is 7.05 Å². The van der Waals surface area contributed by atoms with Crippen LogP contribution in [0.3, 0.4) is 0 Å². The number of hydrogen-bond donors (Lipinski definition) is 1. The molecule has 3 heteroatoms. The fourth-order valence-electron chi connectivity index (χ4n) is 2.57. The topological polar surface area (TPSA) is 29.1 Å². The van der Waals surface area contributed by atoms with E-state index in [0.717, 1.165) is 12.8 Å². The highest BCUT2D eigenvalue weighted by Crippen LogP contribution is 2.45. The summed E-state index contributed by atoms with van der Waals surface area (Å²) in [6.07, 6.45) is 1.68. The Labute approximate surface area is 104 Å². The third-order valence-electron chi connectivity index (χ3n) is 3.39. The van der Waals surface area contributed by atoms with E-state index in [1.165, 1.54) is 16.7 Å². The van der Waals surface area contributed by atoms with Gasteiger partial charge in [-0.1, -0.05) is 44.7 Å². The molecule has 0 saturated carbocycles. The van der Waals surface area contributed by atoms with Crippen LogP contribution in [-0.4, -0.2) is 18.1 Å². The highest BCUT2D eigenvalue weighted by atomic mass is 31.1. The zero-order valence-electron chi connectivity index (χ0n) is 10.3. The first-order valence-corrected chi connectivity index (χ1v) is 6.88. The predicted octanol–water partition coefficient (Wildman–Crippen LogP) is 2.40. The maximum absolute atomic E-state index is 12.1. The number of rotatable bonds is 3. The van der Waals surface area contributed by atoms with Gasteiger partial charge in [0.15, 0.2) is 0 Å². The smallest absolute Gasteiger partial charge is 0.230 e. The van der Waals surface area contributed by atoms with Gasteiger partial charge in [0.05, 0.1) is 5.16 Å². The lowest BCUT2D eigenvalue weighted by Crippen LogP contribution is -2.42. The van der Waals surface area contributed by atoms with Gasteiger partial charge in [0, 0.05) is 7.05 Å². The molecule has 1 aliphatic carbocycles. The van der Waals surface area contributed by atoms with Gasteiger partial charge in [0.1, 0.15) is 0 Å². The van der Waals surface area contributed by atoms with Crippen LogP contribution in [-0.2, 0) is 17.6 Å². The van der Waals surface area contributed by atoms with Crippen LogP contribution < -0.4 is 5.32 Å².